The van der Waals surface area contributed by atoms with Gasteiger partial charge in [0, 0.05) is 31.5 Å². The van der Waals surface area contributed by atoms with Gasteiger partial charge in [-0.3, -0.25) is 4.90 Å². The number of morpholine rings is 1. The van der Waals surface area contributed by atoms with Gasteiger partial charge in [0.2, 0.25) is 0 Å². The molecule has 78 valence electrons. The maximum atomic E-state index is 5.56. The largest absolute Gasteiger partial charge is 0.375 e. The van der Waals surface area contributed by atoms with Crippen LogP contribution in [0.4, 0.5) is 0 Å². The third kappa shape index (κ3) is 4.40. The molecule has 4 heteroatoms. The fraction of sp³-hybridized carbons (Fsp3) is 1.00. The van der Waals surface area contributed by atoms with Gasteiger partial charge in [0.25, 0.3) is 0 Å². The van der Waals surface area contributed by atoms with Crippen molar-refractivity contribution in [3.8, 4) is 0 Å². The van der Waals surface area contributed by atoms with E-state index in [1.54, 1.807) is 0 Å². The highest BCUT2D eigenvalue weighted by molar-refractivity contribution is 9.09. The average Bonchev–Trinajstić information content (AvgIpc) is 2.15. The van der Waals surface area contributed by atoms with E-state index in [9.17, 15) is 0 Å². The number of hydrogen-bond donors (Lipinski definition) is 0. The Morgan fingerprint density at radius 2 is 2.31 bits per heavy atom. The van der Waals surface area contributed by atoms with E-state index in [2.05, 4.69) is 39.8 Å². The second-order valence-corrected chi connectivity index (χ2v) is 4.40. The van der Waals surface area contributed by atoms with Gasteiger partial charge in [0.1, 0.15) is 0 Å². The molecule has 1 heterocycles. The maximum absolute atomic E-state index is 5.56. The van der Waals surface area contributed by atoms with E-state index in [-0.39, 0.29) is 0 Å². The number of rotatable bonds is 4. The maximum Gasteiger partial charge on any atom is 0.0799 e. The van der Waals surface area contributed by atoms with Crippen LogP contribution in [0.3, 0.4) is 0 Å². The molecule has 0 radical (unpaired) electrons. The lowest BCUT2D eigenvalue weighted by Crippen LogP contribution is -2.45. The summed E-state index contributed by atoms with van der Waals surface area (Å²) in [5.74, 6) is 0. The third-order valence-corrected chi connectivity index (χ3v) is 2.98. The summed E-state index contributed by atoms with van der Waals surface area (Å²) >= 11 is 3.46. The summed E-state index contributed by atoms with van der Waals surface area (Å²) in [6.07, 6.45) is 0.385. The highest BCUT2D eigenvalue weighted by atomic mass is 79.9. The molecule has 0 aromatic rings. The smallest absolute Gasteiger partial charge is 0.0799 e. The number of hydrogen-bond acceptors (Lipinski definition) is 3. The van der Waals surface area contributed by atoms with E-state index in [1.807, 2.05) is 0 Å². The monoisotopic (exact) mass is 250 g/mol. The van der Waals surface area contributed by atoms with E-state index in [0.717, 1.165) is 38.1 Å². The Bertz CT molecular complexity index is 144. The van der Waals surface area contributed by atoms with Crippen molar-refractivity contribution in [2.45, 2.75) is 6.10 Å². The van der Waals surface area contributed by atoms with Gasteiger partial charge in [-0.2, -0.15) is 0 Å². The molecule has 1 saturated heterocycles. The Kier molecular flexibility index (Phi) is 5.24. The van der Waals surface area contributed by atoms with E-state index < -0.39 is 0 Å². The summed E-state index contributed by atoms with van der Waals surface area (Å²) in [5, 5.41) is 0.950. The van der Waals surface area contributed by atoms with Crippen LogP contribution in [-0.4, -0.2) is 68.1 Å². The van der Waals surface area contributed by atoms with Crippen LogP contribution >= 0.6 is 15.9 Å². The van der Waals surface area contributed by atoms with Crippen molar-refractivity contribution in [1.82, 2.24) is 9.80 Å². The lowest BCUT2D eigenvalue weighted by Gasteiger charge is -2.32. The fourth-order valence-corrected chi connectivity index (χ4v) is 1.81. The fourth-order valence-electron chi connectivity index (χ4n) is 1.42. The molecule has 13 heavy (non-hydrogen) atoms. The van der Waals surface area contributed by atoms with Gasteiger partial charge < -0.3 is 9.64 Å². The van der Waals surface area contributed by atoms with Crippen molar-refractivity contribution in [2.24, 2.45) is 0 Å². The van der Waals surface area contributed by atoms with Crippen LogP contribution in [0.25, 0.3) is 0 Å². The van der Waals surface area contributed by atoms with Crippen LogP contribution < -0.4 is 0 Å². The van der Waals surface area contributed by atoms with Gasteiger partial charge in [0.15, 0.2) is 0 Å². The van der Waals surface area contributed by atoms with Crippen LogP contribution in [-0.2, 0) is 4.74 Å². The van der Waals surface area contributed by atoms with Crippen LogP contribution in [0.1, 0.15) is 0 Å². The zero-order valence-electron chi connectivity index (χ0n) is 8.50. The molecule has 0 amide bonds. The van der Waals surface area contributed by atoms with Crippen molar-refractivity contribution < 1.29 is 4.74 Å². The Balaban J connectivity index is 2.18. The predicted octanol–water partition coefficient (Wildman–Crippen LogP) is 0.644. The Morgan fingerprint density at radius 3 is 2.92 bits per heavy atom. The molecule has 0 aromatic heterocycles. The van der Waals surface area contributed by atoms with Crippen molar-refractivity contribution in [3.63, 3.8) is 0 Å². The molecule has 0 N–H and O–H groups in total. The van der Waals surface area contributed by atoms with Crippen LogP contribution in [0.15, 0.2) is 0 Å². The number of nitrogens with zero attached hydrogens (tertiary/aromatic N) is 2. The second-order valence-electron chi connectivity index (χ2n) is 3.75. The van der Waals surface area contributed by atoms with Crippen molar-refractivity contribution in [3.05, 3.63) is 0 Å². The average molecular weight is 251 g/mol. The van der Waals surface area contributed by atoms with E-state index in [1.165, 1.54) is 0 Å². The van der Waals surface area contributed by atoms with Crippen molar-refractivity contribution >= 4 is 15.9 Å². The van der Waals surface area contributed by atoms with Gasteiger partial charge in [-0.05, 0) is 14.1 Å². The zero-order chi connectivity index (χ0) is 9.68. The third-order valence-electron chi connectivity index (χ3n) is 2.26. The molecule has 0 aromatic carbocycles. The number of likely N-dealkylation sites (N-methyl/N-ethyl adjacent to an activating group) is 1. The second kappa shape index (κ2) is 5.96. The minimum atomic E-state index is 0.385. The van der Waals surface area contributed by atoms with Gasteiger partial charge in [-0.25, -0.2) is 0 Å². The van der Waals surface area contributed by atoms with E-state index in [4.69, 9.17) is 4.74 Å². The molecule has 1 fully saturated rings. The number of ether oxygens (including phenoxy) is 1. The first-order valence-corrected chi connectivity index (χ1v) is 5.89. The molecular weight excluding hydrogens is 232 g/mol. The van der Waals surface area contributed by atoms with Gasteiger partial charge in [-0.1, -0.05) is 15.9 Å². The molecule has 1 unspecified atom stereocenters. The lowest BCUT2D eigenvalue weighted by molar-refractivity contribution is -0.0164. The topological polar surface area (TPSA) is 15.7 Å². The van der Waals surface area contributed by atoms with Crippen LogP contribution in [0.5, 0.6) is 0 Å². The summed E-state index contributed by atoms with van der Waals surface area (Å²) in [5.41, 5.74) is 0. The summed E-state index contributed by atoms with van der Waals surface area (Å²) in [6.45, 7) is 5.31. The number of alkyl halides is 1. The molecule has 1 aliphatic rings. The van der Waals surface area contributed by atoms with Gasteiger partial charge >= 0.3 is 0 Å². The SMILES string of the molecule is CN(C)CCN1CCOC(CBr)C1. The highest BCUT2D eigenvalue weighted by Crippen LogP contribution is 2.06. The Hall–Kier alpha value is 0.360. The first kappa shape index (κ1) is 11.4. The Labute approximate surface area is 89.2 Å². The number of halogens is 1. The molecule has 0 aliphatic carbocycles. The molecule has 1 atom stereocenters. The van der Waals surface area contributed by atoms with Gasteiger partial charge in [-0.15, -0.1) is 0 Å². The molecule has 0 bridgehead atoms. The van der Waals surface area contributed by atoms with E-state index in [0.29, 0.717) is 6.10 Å². The highest BCUT2D eigenvalue weighted by Gasteiger charge is 2.18. The normalized spacial score (nSPS) is 25.4. The summed E-state index contributed by atoms with van der Waals surface area (Å²) in [4.78, 5) is 4.69. The first-order valence-electron chi connectivity index (χ1n) is 4.77. The van der Waals surface area contributed by atoms with Crippen molar-refractivity contribution in [2.75, 3.05) is 52.2 Å². The quantitative estimate of drug-likeness (QED) is 0.682. The minimum Gasteiger partial charge on any atom is -0.375 e. The molecule has 3 nitrogen and oxygen atoms in total. The standard InChI is InChI=1S/C9H19BrN2O/c1-11(2)3-4-12-5-6-13-9(7-10)8-12/h9H,3-8H2,1-2H3. The van der Waals surface area contributed by atoms with Crippen LogP contribution in [0.2, 0.25) is 0 Å². The molecule has 1 aliphatic heterocycles. The molecule has 0 saturated carbocycles. The zero-order valence-corrected chi connectivity index (χ0v) is 10.1. The predicted molar refractivity (Wildman–Crippen MR) is 58.5 cm³/mol. The summed E-state index contributed by atoms with van der Waals surface area (Å²) in [7, 11) is 4.23. The Morgan fingerprint density at radius 1 is 1.54 bits per heavy atom. The lowest BCUT2D eigenvalue weighted by atomic mass is 10.3. The van der Waals surface area contributed by atoms with Gasteiger partial charge in [0.05, 0.1) is 12.7 Å². The summed E-state index contributed by atoms with van der Waals surface area (Å²) in [6, 6.07) is 0. The van der Waals surface area contributed by atoms with Crippen LogP contribution in [0, 0.1) is 0 Å². The molecule has 1 rings (SSSR count). The first-order chi connectivity index (χ1) is 6.22. The van der Waals surface area contributed by atoms with Crippen molar-refractivity contribution in [1.29, 1.82) is 0 Å². The summed E-state index contributed by atoms with van der Waals surface area (Å²) < 4.78 is 5.56. The molecular formula is C9H19BrN2O. The molecule has 0 spiro atoms. The van der Waals surface area contributed by atoms with E-state index >= 15 is 0 Å². The minimum absolute atomic E-state index is 0.385.